The minimum Gasteiger partial charge on any atom is -0.348 e. The molecule has 1 aromatic carbocycles. The Hall–Kier alpha value is -4.40. The van der Waals surface area contributed by atoms with E-state index in [0.717, 1.165) is 19.3 Å². The van der Waals surface area contributed by atoms with E-state index in [1.54, 1.807) is 51.1 Å². The van der Waals surface area contributed by atoms with Crippen LogP contribution in [0.2, 0.25) is 0 Å². The molecule has 0 bridgehead atoms. The van der Waals surface area contributed by atoms with Gasteiger partial charge in [0.2, 0.25) is 17.6 Å². The Balaban J connectivity index is 1.58. The number of sulfone groups is 1. The molecular formula is C40H56N6O7S. The molecule has 1 aliphatic carbocycles. The van der Waals surface area contributed by atoms with Gasteiger partial charge in [0.25, 0.3) is 5.91 Å². The zero-order chi connectivity index (χ0) is 39.9. The smallest absolute Gasteiger partial charge is 0.315 e. The van der Waals surface area contributed by atoms with Crippen LogP contribution in [-0.2, 0) is 29.0 Å². The molecule has 4 rings (SSSR count). The van der Waals surface area contributed by atoms with Crippen molar-refractivity contribution in [1.29, 1.82) is 0 Å². The zero-order valence-electron chi connectivity index (χ0n) is 32.2. The van der Waals surface area contributed by atoms with Gasteiger partial charge in [-0.1, -0.05) is 58.2 Å². The number of ketones is 1. The van der Waals surface area contributed by atoms with Crippen LogP contribution < -0.4 is 21.3 Å². The predicted octanol–water partition coefficient (Wildman–Crippen LogP) is 2.55. The molecule has 294 valence electrons. The zero-order valence-corrected chi connectivity index (χ0v) is 33.0. The highest BCUT2D eigenvalue weighted by Gasteiger charge is 2.56. The summed E-state index contributed by atoms with van der Waals surface area (Å²) in [5.74, 6) is 1.69. The lowest BCUT2D eigenvalue weighted by molar-refractivity contribution is -0.144. The molecule has 0 radical (unpaired) electrons. The number of rotatable bonds is 15. The maximum atomic E-state index is 14.6. The van der Waals surface area contributed by atoms with Gasteiger partial charge in [0.1, 0.15) is 12.1 Å². The Morgan fingerprint density at radius 1 is 0.963 bits per heavy atom. The molecule has 2 aliphatic heterocycles. The molecule has 3 aliphatic rings. The SMILES string of the molecule is C#CCCNC(=O)C(=O)C(CCC#C)NC(=O)C1C(N2CC2(C)C)CCN1C(=O)C(NC(=O)NC1(CS(=O)(=O)c2ccccc2)CCCCC1)C(C)(C)C. The Kier molecular flexibility index (Phi) is 13.6. The number of benzene rings is 1. The molecule has 13 nitrogen and oxygen atoms in total. The number of likely N-dealkylation sites (tertiary alicyclic amines) is 1. The van der Waals surface area contributed by atoms with E-state index < -0.39 is 68.5 Å². The molecule has 0 aromatic heterocycles. The average Bonchev–Trinajstić information content (AvgIpc) is 3.52. The van der Waals surface area contributed by atoms with Gasteiger partial charge in [0, 0.05) is 44.1 Å². The molecule has 1 saturated carbocycles. The van der Waals surface area contributed by atoms with E-state index in [-0.39, 0.29) is 54.6 Å². The number of nitrogens with zero attached hydrogens (tertiary/aromatic N) is 2. The van der Waals surface area contributed by atoms with Crippen LogP contribution in [0.15, 0.2) is 35.2 Å². The van der Waals surface area contributed by atoms with Crippen LogP contribution in [0.5, 0.6) is 0 Å². The summed E-state index contributed by atoms with van der Waals surface area (Å²) in [5, 5.41) is 11.1. The van der Waals surface area contributed by atoms with Gasteiger partial charge in [0.15, 0.2) is 9.84 Å². The third-order valence-corrected chi connectivity index (χ3v) is 12.6. The van der Waals surface area contributed by atoms with E-state index >= 15 is 0 Å². The van der Waals surface area contributed by atoms with E-state index in [0.29, 0.717) is 25.8 Å². The normalized spacial score (nSPS) is 22.7. The summed E-state index contributed by atoms with van der Waals surface area (Å²) in [6.45, 7) is 10.5. The first-order chi connectivity index (χ1) is 25.4. The fourth-order valence-electron chi connectivity index (χ4n) is 7.69. The number of carbonyl (C=O) groups is 5. The Bertz CT molecular complexity index is 1750. The van der Waals surface area contributed by atoms with E-state index in [1.165, 1.54) is 4.90 Å². The maximum Gasteiger partial charge on any atom is 0.315 e. The van der Waals surface area contributed by atoms with Crippen LogP contribution >= 0.6 is 0 Å². The summed E-state index contributed by atoms with van der Waals surface area (Å²) in [4.78, 5) is 72.5. The van der Waals surface area contributed by atoms with Crippen LogP contribution in [0.1, 0.15) is 92.4 Å². The number of nitrogens with one attached hydrogen (secondary N) is 4. The van der Waals surface area contributed by atoms with Crippen LogP contribution in [-0.4, -0.2) is 108 Å². The minimum atomic E-state index is -3.75. The summed E-state index contributed by atoms with van der Waals surface area (Å²) >= 11 is 0. The second-order valence-electron chi connectivity index (χ2n) is 16.5. The Morgan fingerprint density at radius 2 is 1.59 bits per heavy atom. The molecule has 0 spiro atoms. The molecule has 54 heavy (non-hydrogen) atoms. The van der Waals surface area contributed by atoms with Crippen molar-refractivity contribution in [3.63, 3.8) is 0 Å². The molecule has 2 heterocycles. The van der Waals surface area contributed by atoms with Crippen LogP contribution in [0.25, 0.3) is 0 Å². The van der Waals surface area contributed by atoms with Gasteiger partial charge in [-0.2, -0.15) is 0 Å². The second-order valence-corrected chi connectivity index (χ2v) is 18.5. The lowest BCUT2D eigenvalue weighted by Crippen LogP contribution is -2.64. The number of terminal acetylenes is 2. The predicted molar refractivity (Wildman–Crippen MR) is 205 cm³/mol. The molecule has 5 unspecified atom stereocenters. The third-order valence-electron chi connectivity index (χ3n) is 10.7. The number of carbonyl (C=O) groups excluding carboxylic acids is 5. The monoisotopic (exact) mass is 764 g/mol. The van der Waals surface area contributed by atoms with Gasteiger partial charge in [-0.25, -0.2) is 13.2 Å². The number of Topliss-reactive ketones (excluding diaryl/α,β-unsaturated/α-hetero) is 1. The number of hydrogen-bond donors (Lipinski definition) is 4. The summed E-state index contributed by atoms with van der Waals surface area (Å²) in [6, 6.07) is 3.69. The first-order valence-corrected chi connectivity index (χ1v) is 20.4. The Morgan fingerprint density at radius 3 is 2.17 bits per heavy atom. The number of amides is 5. The molecule has 14 heteroatoms. The lowest BCUT2D eigenvalue weighted by atomic mass is 9.83. The summed E-state index contributed by atoms with van der Waals surface area (Å²) in [5.41, 5.74) is -2.08. The van der Waals surface area contributed by atoms with Crippen LogP contribution in [0.3, 0.4) is 0 Å². The summed E-state index contributed by atoms with van der Waals surface area (Å²) in [7, 11) is -3.75. The van der Waals surface area contributed by atoms with Crippen molar-refractivity contribution in [3.8, 4) is 24.7 Å². The van der Waals surface area contributed by atoms with Crippen molar-refractivity contribution < 1.29 is 32.4 Å². The molecule has 4 N–H and O–H groups in total. The summed E-state index contributed by atoms with van der Waals surface area (Å²) in [6.07, 6.45) is 14.9. The van der Waals surface area contributed by atoms with E-state index in [9.17, 15) is 32.4 Å². The first-order valence-electron chi connectivity index (χ1n) is 18.8. The highest BCUT2D eigenvalue weighted by Crippen LogP contribution is 2.40. The van der Waals surface area contributed by atoms with E-state index in [1.807, 2.05) is 13.8 Å². The summed E-state index contributed by atoms with van der Waals surface area (Å²) < 4.78 is 27.1. The maximum absolute atomic E-state index is 14.6. The van der Waals surface area contributed by atoms with Crippen LogP contribution in [0.4, 0.5) is 4.79 Å². The van der Waals surface area contributed by atoms with Crippen molar-refractivity contribution in [2.75, 3.05) is 25.4 Å². The fourth-order valence-corrected chi connectivity index (χ4v) is 9.52. The van der Waals surface area contributed by atoms with E-state index in [4.69, 9.17) is 12.8 Å². The Labute approximate surface area is 320 Å². The highest BCUT2D eigenvalue weighted by molar-refractivity contribution is 7.91. The molecule has 2 saturated heterocycles. The molecule has 1 aromatic rings. The second kappa shape index (κ2) is 17.4. The van der Waals surface area contributed by atoms with Crippen LogP contribution in [0, 0.1) is 30.1 Å². The van der Waals surface area contributed by atoms with Crippen molar-refractivity contribution in [2.45, 2.75) is 133 Å². The number of urea groups is 1. The lowest BCUT2D eigenvalue weighted by Gasteiger charge is -2.40. The topological polar surface area (TPSA) is 174 Å². The van der Waals surface area contributed by atoms with Gasteiger partial charge < -0.3 is 26.2 Å². The van der Waals surface area contributed by atoms with Gasteiger partial charge in [-0.15, -0.1) is 24.7 Å². The average molecular weight is 765 g/mol. The molecular weight excluding hydrogens is 709 g/mol. The molecule has 5 amide bonds. The van der Waals surface area contributed by atoms with Crippen molar-refractivity contribution >= 4 is 39.4 Å². The van der Waals surface area contributed by atoms with Gasteiger partial charge in [0.05, 0.1) is 22.2 Å². The van der Waals surface area contributed by atoms with Crippen molar-refractivity contribution in [1.82, 2.24) is 31.1 Å². The minimum absolute atomic E-state index is 0.0122. The first kappa shape index (κ1) is 42.3. The van der Waals surface area contributed by atoms with Crippen molar-refractivity contribution in [2.24, 2.45) is 5.41 Å². The van der Waals surface area contributed by atoms with Gasteiger partial charge in [-0.3, -0.25) is 24.1 Å². The quantitative estimate of drug-likeness (QED) is 0.0913. The standard InChI is InChI=1S/C40H56N6O7S/c1-8-10-20-29(32(47)35(49)41-24-11-9-2)42-34(48)31-30(46-26-39(46,6)7)21-25-45(31)36(50)33(38(3,4)5)43-37(51)44-40(22-16-13-17-23-40)27-54(52,53)28-18-14-12-15-19-28/h1-2,12,14-15,18-19,29-31,33H,10-11,13,16-17,20-27H2,3-7H3,(H,41,49)(H,42,48)(H2,43,44,51). The van der Waals surface area contributed by atoms with Crippen molar-refractivity contribution in [3.05, 3.63) is 30.3 Å². The molecule has 5 atom stereocenters. The third kappa shape index (κ3) is 10.4. The van der Waals surface area contributed by atoms with Gasteiger partial charge >= 0.3 is 6.03 Å². The number of hydrogen-bond acceptors (Lipinski definition) is 8. The fraction of sp³-hybridized carbons (Fsp3) is 0.625. The van der Waals surface area contributed by atoms with Gasteiger partial charge in [-0.05, 0) is 57.1 Å². The molecule has 3 fully saturated rings. The largest absolute Gasteiger partial charge is 0.348 e. The highest BCUT2D eigenvalue weighted by atomic mass is 32.2. The van der Waals surface area contributed by atoms with E-state index in [2.05, 4.69) is 38.0 Å².